The van der Waals surface area contributed by atoms with E-state index in [0.717, 1.165) is 37.4 Å². The van der Waals surface area contributed by atoms with Crippen LogP contribution in [0.5, 0.6) is 17.4 Å². The SMILES string of the molecule is B[C@H](c1ccccc1OCc1ccnn1CC(F)(F)F)[C@H](Oc1ncnc2sc(-c3ccc(F)o3)c(-c3ccc(OCCN4CCN(C)CC4)c(Cl)c3C)c12)C(=O)O. The number of carboxylic acid groups (broad SMARTS) is 1. The van der Waals surface area contributed by atoms with Crippen LogP contribution in [-0.4, -0.2) is 107 Å². The van der Waals surface area contributed by atoms with Crippen molar-refractivity contribution in [3.8, 4) is 39.1 Å². The summed E-state index contributed by atoms with van der Waals surface area (Å²) in [5.74, 6) is -1.33. The zero-order chi connectivity index (χ0) is 41.1. The Bertz CT molecular complexity index is 2400. The van der Waals surface area contributed by atoms with Gasteiger partial charge in [-0.3, -0.25) is 9.58 Å². The average molecular weight is 841 g/mol. The van der Waals surface area contributed by atoms with Gasteiger partial charge < -0.3 is 28.6 Å². The summed E-state index contributed by atoms with van der Waals surface area (Å²) in [5.41, 5.74) is 2.33. The van der Waals surface area contributed by atoms with Crippen molar-refractivity contribution in [2.24, 2.45) is 0 Å². The molecule has 0 spiro atoms. The molecule has 0 radical (unpaired) electrons. The largest absolute Gasteiger partial charge is 0.491 e. The first-order chi connectivity index (χ1) is 27.8. The molecule has 6 aromatic rings. The number of carboxylic acids is 1. The van der Waals surface area contributed by atoms with Crippen molar-refractivity contribution in [3.05, 3.63) is 95.0 Å². The topological polar surface area (TPSA) is 128 Å². The quantitative estimate of drug-likeness (QED) is 0.0858. The molecular formula is C39H38BClF4N6O6S. The van der Waals surface area contributed by atoms with Crippen molar-refractivity contribution >= 4 is 47.0 Å². The Labute approximate surface area is 340 Å². The molecule has 1 aliphatic rings. The normalized spacial score (nSPS) is 15.1. The third-order valence-corrected chi connectivity index (χ3v) is 11.6. The van der Waals surface area contributed by atoms with Crippen LogP contribution < -0.4 is 14.2 Å². The van der Waals surface area contributed by atoms with Gasteiger partial charge in [0.25, 0.3) is 6.01 Å². The molecule has 0 unspecified atom stereocenters. The minimum atomic E-state index is -4.49. The van der Waals surface area contributed by atoms with Crippen LogP contribution in [0.15, 0.2) is 71.5 Å². The fourth-order valence-corrected chi connectivity index (χ4v) is 8.17. The van der Waals surface area contributed by atoms with Crippen LogP contribution in [0, 0.1) is 12.9 Å². The van der Waals surface area contributed by atoms with Crippen molar-refractivity contribution in [2.45, 2.75) is 38.2 Å². The molecule has 5 heterocycles. The number of rotatable bonds is 15. The highest BCUT2D eigenvalue weighted by Gasteiger charge is 2.34. The van der Waals surface area contributed by atoms with Gasteiger partial charge in [-0.25, -0.2) is 14.8 Å². The third kappa shape index (κ3) is 9.09. The van der Waals surface area contributed by atoms with E-state index in [9.17, 15) is 27.5 Å². The van der Waals surface area contributed by atoms with Gasteiger partial charge in [0.15, 0.2) is 6.10 Å². The second-order valence-electron chi connectivity index (χ2n) is 13.9. The van der Waals surface area contributed by atoms with Gasteiger partial charge in [0.1, 0.15) is 56.0 Å². The number of furan rings is 1. The first-order valence-electron chi connectivity index (χ1n) is 18.3. The number of carbonyl (C=O) groups is 1. The number of fused-ring (bicyclic) bond motifs is 1. The number of thiophene rings is 1. The number of piperazine rings is 1. The second kappa shape index (κ2) is 17.4. The number of hydrogen-bond acceptors (Lipinski definition) is 11. The van der Waals surface area contributed by atoms with Gasteiger partial charge in [-0.1, -0.05) is 35.9 Å². The maximum Gasteiger partial charge on any atom is 0.408 e. The molecule has 0 bridgehead atoms. The molecule has 7 rings (SSSR count). The van der Waals surface area contributed by atoms with Crippen LogP contribution in [0.3, 0.4) is 0 Å². The predicted octanol–water partition coefficient (Wildman–Crippen LogP) is 6.89. The molecule has 1 saturated heterocycles. The van der Waals surface area contributed by atoms with E-state index < -0.39 is 36.6 Å². The molecule has 0 amide bonds. The average Bonchev–Trinajstić information content (AvgIpc) is 3.93. The van der Waals surface area contributed by atoms with E-state index in [1.807, 2.05) is 13.0 Å². The maximum absolute atomic E-state index is 14.3. The Balaban J connectivity index is 1.21. The number of para-hydroxylation sites is 1. The van der Waals surface area contributed by atoms with Crippen molar-refractivity contribution in [2.75, 3.05) is 46.4 Å². The van der Waals surface area contributed by atoms with Crippen LogP contribution in [0.25, 0.3) is 32.0 Å². The number of likely N-dealkylation sites (N-methyl/N-ethyl adjacent to an activating group) is 1. The highest BCUT2D eigenvalue weighted by atomic mass is 35.5. The van der Waals surface area contributed by atoms with E-state index in [1.54, 1.807) is 38.2 Å². The Morgan fingerprint density at radius 1 is 1.05 bits per heavy atom. The molecule has 2 atom stereocenters. The molecule has 304 valence electrons. The number of aliphatic carboxylic acids is 1. The number of aromatic nitrogens is 4. The molecule has 0 aliphatic carbocycles. The van der Waals surface area contributed by atoms with Gasteiger partial charge in [0.05, 0.1) is 21.0 Å². The molecule has 0 saturated carbocycles. The van der Waals surface area contributed by atoms with Crippen molar-refractivity contribution in [1.82, 2.24) is 29.5 Å². The van der Waals surface area contributed by atoms with E-state index in [2.05, 4.69) is 31.9 Å². The molecule has 1 N–H and O–H groups in total. The van der Waals surface area contributed by atoms with Crippen LogP contribution >= 0.6 is 22.9 Å². The summed E-state index contributed by atoms with van der Waals surface area (Å²) in [5, 5.41) is 15.1. The Kier molecular flexibility index (Phi) is 12.3. The Morgan fingerprint density at radius 3 is 2.55 bits per heavy atom. The van der Waals surface area contributed by atoms with E-state index in [4.69, 9.17) is 30.2 Å². The van der Waals surface area contributed by atoms with E-state index >= 15 is 0 Å². The molecule has 1 aliphatic heterocycles. The standard InChI is InChI=1S/C39H38BClF4N6O6S/c1-22-24(7-8-27(33(22)41)54-18-17-50-15-13-49(2)14-16-50)30-31-36(46-21-47-37(31)58-35(30)28-9-10-29(42)56-28)57-34(38(52)53)32(40)25-5-3-4-6-26(25)55-19-23-11-12-48-51(23)20-39(43,44)45/h3-12,21,32,34H,13-20,40H2,1-2H3,(H,52,53)/t32-,34+/m1/s1. The lowest BCUT2D eigenvalue weighted by molar-refractivity contribution is -0.145. The summed E-state index contributed by atoms with van der Waals surface area (Å²) in [6, 6.07) is 13.5. The second-order valence-corrected chi connectivity index (χ2v) is 15.3. The van der Waals surface area contributed by atoms with Gasteiger partial charge in [-0.05, 0) is 54.9 Å². The molecule has 58 heavy (non-hydrogen) atoms. The number of hydrogen-bond donors (Lipinski definition) is 1. The first kappa shape index (κ1) is 41.0. The third-order valence-electron chi connectivity index (χ3n) is 9.99. The summed E-state index contributed by atoms with van der Waals surface area (Å²) in [4.78, 5) is 27.4. The Morgan fingerprint density at radius 2 is 1.83 bits per heavy atom. The Hall–Kier alpha value is -5.17. The van der Waals surface area contributed by atoms with Crippen LogP contribution in [-0.2, 0) is 17.9 Å². The maximum atomic E-state index is 14.3. The molecule has 4 aromatic heterocycles. The number of ether oxygens (including phenoxy) is 3. The first-order valence-corrected chi connectivity index (χ1v) is 19.5. The summed E-state index contributed by atoms with van der Waals surface area (Å²) in [6.07, 6.45) is -3.55. The van der Waals surface area contributed by atoms with Gasteiger partial charge in [-0.15, -0.1) is 11.3 Å². The lowest BCUT2D eigenvalue weighted by atomic mass is 9.76. The van der Waals surface area contributed by atoms with Crippen LogP contribution in [0.4, 0.5) is 17.6 Å². The molecule has 19 heteroatoms. The molecule has 12 nitrogen and oxygen atoms in total. The summed E-state index contributed by atoms with van der Waals surface area (Å²) in [7, 11) is 3.73. The van der Waals surface area contributed by atoms with E-state index in [1.165, 1.54) is 42.1 Å². The molecular weight excluding hydrogens is 803 g/mol. The fourth-order valence-electron chi connectivity index (χ4n) is 6.85. The zero-order valence-corrected chi connectivity index (χ0v) is 33.2. The monoisotopic (exact) mass is 840 g/mol. The minimum absolute atomic E-state index is 0.0637. The predicted molar refractivity (Wildman–Crippen MR) is 212 cm³/mol. The minimum Gasteiger partial charge on any atom is -0.491 e. The summed E-state index contributed by atoms with van der Waals surface area (Å²) < 4.78 is 78.4. The summed E-state index contributed by atoms with van der Waals surface area (Å²) in [6.45, 7) is 5.30. The summed E-state index contributed by atoms with van der Waals surface area (Å²) >= 11 is 8.14. The zero-order valence-electron chi connectivity index (χ0n) is 31.6. The van der Waals surface area contributed by atoms with Crippen LogP contribution in [0.1, 0.15) is 22.6 Å². The number of alkyl halides is 3. The van der Waals surface area contributed by atoms with Crippen molar-refractivity contribution < 1.29 is 46.1 Å². The van der Waals surface area contributed by atoms with Gasteiger partial charge in [0, 0.05) is 56.4 Å². The molecule has 2 aromatic carbocycles. The number of benzene rings is 2. The van der Waals surface area contributed by atoms with E-state index in [-0.39, 0.29) is 29.7 Å². The van der Waals surface area contributed by atoms with Crippen LogP contribution in [0.2, 0.25) is 5.02 Å². The van der Waals surface area contributed by atoms with Crippen molar-refractivity contribution in [3.63, 3.8) is 0 Å². The highest BCUT2D eigenvalue weighted by Crippen LogP contribution is 2.50. The van der Waals surface area contributed by atoms with Crippen molar-refractivity contribution in [1.29, 1.82) is 0 Å². The van der Waals surface area contributed by atoms with Gasteiger partial charge in [0.2, 0.25) is 5.88 Å². The van der Waals surface area contributed by atoms with E-state index in [0.29, 0.717) is 54.7 Å². The highest BCUT2D eigenvalue weighted by molar-refractivity contribution is 7.22. The number of halogens is 5. The number of nitrogens with zero attached hydrogens (tertiary/aromatic N) is 6. The lowest BCUT2D eigenvalue weighted by Crippen LogP contribution is -2.45. The van der Waals surface area contributed by atoms with Gasteiger partial charge >= 0.3 is 12.1 Å². The lowest BCUT2D eigenvalue weighted by Gasteiger charge is -2.32. The fraction of sp³-hybridized carbons (Fsp3) is 0.333. The smallest absolute Gasteiger partial charge is 0.408 e. The van der Waals surface area contributed by atoms with Gasteiger partial charge in [-0.2, -0.15) is 22.7 Å². The molecule has 1 fully saturated rings.